The number of amides is 1. The third kappa shape index (κ3) is 4.81. The Bertz CT molecular complexity index is 1370. The molecule has 0 spiro atoms. The monoisotopic (exact) mass is 482 g/mol. The number of para-hydroxylation sites is 2. The van der Waals surface area contributed by atoms with Crippen molar-refractivity contribution in [1.29, 1.82) is 0 Å². The van der Waals surface area contributed by atoms with Gasteiger partial charge in [0.25, 0.3) is 5.91 Å². The van der Waals surface area contributed by atoms with Gasteiger partial charge >= 0.3 is 11.7 Å². The van der Waals surface area contributed by atoms with Gasteiger partial charge in [0.1, 0.15) is 0 Å². The number of rotatable bonds is 9. The summed E-state index contributed by atoms with van der Waals surface area (Å²) in [6.07, 6.45) is 0.388. The SMILES string of the molecule is COc1cc(NC(=O)c2cccs2)c(C(=O)OCCCn2c(=O)oc3ccccc32)cc1OC. The number of oxazole rings is 1. The van der Waals surface area contributed by atoms with E-state index in [1.807, 2.05) is 6.07 Å². The Hall–Kier alpha value is -4.05. The maximum absolute atomic E-state index is 12.9. The van der Waals surface area contributed by atoms with E-state index in [9.17, 15) is 14.4 Å². The number of methoxy groups -OCH3 is 2. The van der Waals surface area contributed by atoms with Crippen molar-refractivity contribution >= 4 is 40.0 Å². The summed E-state index contributed by atoms with van der Waals surface area (Å²) in [7, 11) is 2.91. The predicted molar refractivity (Wildman–Crippen MR) is 127 cm³/mol. The van der Waals surface area contributed by atoms with Gasteiger partial charge in [-0.25, -0.2) is 9.59 Å². The lowest BCUT2D eigenvalue weighted by atomic mass is 10.1. The fraction of sp³-hybridized carbons (Fsp3) is 0.208. The molecule has 10 heteroatoms. The van der Waals surface area contributed by atoms with Crippen LogP contribution in [-0.4, -0.2) is 37.3 Å². The minimum absolute atomic E-state index is 0.0530. The zero-order chi connectivity index (χ0) is 24.1. The summed E-state index contributed by atoms with van der Waals surface area (Å²) in [5, 5.41) is 4.52. The molecule has 0 fully saturated rings. The Morgan fingerprint density at radius 1 is 1.06 bits per heavy atom. The van der Waals surface area contributed by atoms with Crippen LogP contribution in [0, 0.1) is 0 Å². The van der Waals surface area contributed by atoms with Crippen LogP contribution in [0.1, 0.15) is 26.5 Å². The number of hydrogen-bond acceptors (Lipinski definition) is 8. The van der Waals surface area contributed by atoms with Gasteiger partial charge in [0.2, 0.25) is 0 Å². The molecule has 2 heterocycles. The van der Waals surface area contributed by atoms with Crippen molar-refractivity contribution in [3.05, 3.63) is 74.9 Å². The number of thiophene rings is 1. The van der Waals surface area contributed by atoms with Crippen molar-refractivity contribution in [3.63, 3.8) is 0 Å². The number of carbonyl (C=O) groups excluding carboxylic acids is 2. The second-order valence-corrected chi connectivity index (χ2v) is 8.11. The van der Waals surface area contributed by atoms with E-state index < -0.39 is 11.7 Å². The highest BCUT2D eigenvalue weighted by molar-refractivity contribution is 7.12. The minimum Gasteiger partial charge on any atom is -0.493 e. The van der Waals surface area contributed by atoms with E-state index in [2.05, 4.69) is 5.32 Å². The molecule has 2 aromatic heterocycles. The number of hydrogen-bond donors (Lipinski definition) is 1. The number of nitrogens with one attached hydrogen (secondary N) is 1. The molecule has 34 heavy (non-hydrogen) atoms. The molecular formula is C24H22N2O7S. The Kier molecular flexibility index (Phi) is 6.98. The Labute approximate surface area is 198 Å². The summed E-state index contributed by atoms with van der Waals surface area (Å²) in [4.78, 5) is 38.0. The second kappa shape index (κ2) is 10.3. The Morgan fingerprint density at radius 2 is 1.82 bits per heavy atom. The number of esters is 1. The lowest BCUT2D eigenvalue weighted by molar-refractivity contribution is 0.0496. The summed E-state index contributed by atoms with van der Waals surface area (Å²) in [5.74, 6) is -0.799. The van der Waals surface area contributed by atoms with E-state index >= 15 is 0 Å². The number of carbonyl (C=O) groups is 2. The number of aromatic nitrogens is 1. The molecule has 0 aliphatic heterocycles. The molecule has 0 bridgehead atoms. The molecule has 0 radical (unpaired) electrons. The molecule has 0 aliphatic carbocycles. The molecule has 0 saturated heterocycles. The molecule has 0 aliphatic rings. The molecule has 4 rings (SSSR count). The van der Waals surface area contributed by atoms with Crippen LogP contribution >= 0.6 is 11.3 Å². The predicted octanol–water partition coefficient (Wildman–Crippen LogP) is 4.17. The van der Waals surface area contributed by atoms with E-state index in [1.165, 1.54) is 42.3 Å². The summed E-state index contributed by atoms with van der Waals surface area (Å²) < 4.78 is 22.7. The minimum atomic E-state index is -0.646. The third-order valence-corrected chi connectivity index (χ3v) is 5.94. The zero-order valence-electron chi connectivity index (χ0n) is 18.5. The number of nitrogens with zero attached hydrogens (tertiary/aromatic N) is 1. The average Bonchev–Trinajstić information content (AvgIpc) is 3.49. The van der Waals surface area contributed by atoms with Gasteiger partial charge in [0, 0.05) is 18.7 Å². The van der Waals surface area contributed by atoms with E-state index in [4.69, 9.17) is 18.6 Å². The number of aryl methyl sites for hydroxylation is 1. The van der Waals surface area contributed by atoms with E-state index in [0.29, 0.717) is 40.4 Å². The highest BCUT2D eigenvalue weighted by Gasteiger charge is 2.21. The van der Waals surface area contributed by atoms with Gasteiger partial charge in [0.15, 0.2) is 17.1 Å². The van der Waals surface area contributed by atoms with Crippen LogP contribution in [-0.2, 0) is 11.3 Å². The maximum Gasteiger partial charge on any atom is 0.419 e. The lowest BCUT2D eigenvalue weighted by Crippen LogP contribution is -2.18. The fourth-order valence-electron chi connectivity index (χ4n) is 3.43. The van der Waals surface area contributed by atoms with Gasteiger partial charge in [-0.3, -0.25) is 9.36 Å². The summed E-state index contributed by atoms with van der Waals surface area (Å²) in [6, 6.07) is 13.5. The van der Waals surface area contributed by atoms with Gasteiger partial charge < -0.3 is 23.9 Å². The van der Waals surface area contributed by atoms with Crippen LogP contribution < -0.4 is 20.5 Å². The highest BCUT2D eigenvalue weighted by atomic mass is 32.1. The van der Waals surface area contributed by atoms with Crippen LogP contribution in [0.2, 0.25) is 0 Å². The van der Waals surface area contributed by atoms with Crippen molar-refractivity contribution in [2.75, 3.05) is 26.1 Å². The van der Waals surface area contributed by atoms with Crippen molar-refractivity contribution in [1.82, 2.24) is 4.57 Å². The number of benzene rings is 2. The van der Waals surface area contributed by atoms with Gasteiger partial charge in [-0.15, -0.1) is 11.3 Å². The molecule has 4 aromatic rings. The van der Waals surface area contributed by atoms with Gasteiger partial charge in [-0.1, -0.05) is 18.2 Å². The zero-order valence-corrected chi connectivity index (χ0v) is 19.3. The standard InChI is InChI=1S/C24H22N2O7S/c1-30-19-13-15(16(14-20(19)31-2)25-22(27)21-9-5-12-34-21)23(28)32-11-6-10-26-17-7-3-4-8-18(17)33-24(26)29/h3-5,7-9,12-14H,6,10-11H2,1-2H3,(H,25,27). The largest absolute Gasteiger partial charge is 0.493 e. The van der Waals surface area contributed by atoms with Crippen LogP contribution in [0.4, 0.5) is 5.69 Å². The highest BCUT2D eigenvalue weighted by Crippen LogP contribution is 2.34. The molecule has 1 N–H and O–H groups in total. The van der Waals surface area contributed by atoms with Gasteiger partial charge in [-0.2, -0.15) is 0 Å². The van der Waals surface area contributed by atoms with E-state index in [0.717, 1.165) is 0 Å². The Morgan fingerprint density at radius 3 is 2.56 bits per heavy atom. The van der Waals surface area contributed by atoms with E-state index in [-0.39, 0.29) is 23.8 Å². The van der Waals surface area contributed by atoms with Gasteiger partial charge in [0.05, 0.1) is 42.5 Å². The normalized spacial score (nSPS) is 10.8. The number of anilines is 1. The third-order valence-electron chi connectivity index (χ3n) is 5.07. The molecule has 0 unspecified atom stereocenters. The van der Waals surface area contributed by atoms with Crippen molar-refractivity contribution < 1.29 is 28.2 Å². The van der Waals surface area contributed by atoms with Crippen LogP contribution in [0.15, 0.2) is 63.1 Å². The molecule has 176 valence electrons. The van der Waals surface area contributed by atoms with Crippen molar-refractivity contribution in [2.24, 2.45) is 0 Å². The van der Waals surface area contributed by atoms with Crippen molar-refractivity contribution in [3.8, 4) is 11.5 Å². The average molecular weight is 483 g/mol. The first kappa shape index (κ1) is 23.1. The lowest BCUT2D eigenvalue weighted by Gasteiger charge is -2.15. The Balaban J connectivity index is 1.48. The van der Waals surface area contributed by atoms with Crippen LogP contribution in [0.3, 0.4) is 0 Å². The molecule has 9 nitrogen and oxygen atoms in total. The molecule has 2 aromatic carbocycles. The first-order chi connectivity index (χ1) is 16.5. The molecular weight excluding hydrogens is 460 g/mol. The van der Waals surface area contributed by atoms with Crippen molar-refractivity contribution in [2.45, 2.75) is 13.0 Å². The number of ether oxygens (including phenoxy) is 3. The molecule has 1 amide bonds. The fourth-order valence-corrected chi connectivity index (χ4v) is 4.05. The van der Waals surface area contributed by atoms with Crippen LogP contribution in [0.25, 0.3) is 11.1 Å². The quantitative estimate of drug-likeness (QED) is 0.282. The second-order valence-electron chi connectivity index (χ2n) is 7.16. The molecule has 0 atom stereocenters. The number of fused-ring (bicyclic) bond motifs is 1. The maximum atomic E-state index is 12.9. The first-order valence-corrected chi connectivity index (χ1v) is 11.3. The first-order valence-electron chi connectivity index (χ1n) is 10.4. The molecule has 0 saturated carbocycles. The topological polar surface area (TPSA) is 109 Å². The summed E-state index contributed by atoms with van der Waals surface area (Å²) >= 11 is 1.28. The van der Waals surface area contributed by atoms with Crippen LogP contribution in [0.5, 0.6) is 11.5 Å². The summed E-state index contributed by atoms with van der Waals surface area (Å²) in [6.45, 7) is 0.370. The van der Waals surface area contributed by atoms with E-state index in [1.54, 1.807) is 35.7 Å². The summed E-state index contributed by atoms with van der Waals surface area (Å²) in [5.41, 5.74) is 1.53. The van der Waals surface area contributed by atoms with Gasteiger partial charge in [-0.05, 0) is 30.0 Å². The smallest absolute Gasteiger partial charge is 0.419 e.